The van der Waals surface area contributed by atoms with E-state index in [9.17, 15) is 33.3 Å². The number of phenolic OH excluding ortho intramolecular Hbond substituents is 1. The van der Waals surface area contributed by atoms with E-state index in [0.717, 1.165) is 22.3 Å². The number of methoxy groups -OCH3 is 1. The van der Waals surface area contributed by atoms with Gasteiger partial charge in [-0.3, -0.25) is 33.5 Å². The molecular weight excluding hydrogens is 650 g/mol. The summed E-state index contributed by atoms with van der Waals surface area (Å²) >= 11 is 0. The zero-order valence-electron chi connectivity index (χ0n) is 28.9. The number of unbranched alkanes of at least 4 members (excludes halogenated alkanes) is 3. The van der Waals surface area contributed by atoms with Crippen molar-refractivity contribution in [1.29, 1.82) is 0 Å². The molecule has 49 heavy (non-hydrogen) atoms. The number of amides is 4. The van der Waals surface area contributed by atoms with Gasteiger partial charge in [0.25, 0.3) is 0 Å². The number of hydrogen-bond donors (Lipinski definition) is 5. The highest BCUT2D eigenvalue weighted by Crippen LogP contribution is 2.22. The molecule has 0 aromatic heterocycles. The predicted octanol–water partition coefficient (Wildman–Crippen LogP) is 1.30. The minimum Gasteiger partial charge on any atom is -0.508 e. The molecule has 0 spiro atoms. The summed E-state index contributed by atoms with van der Waals surface area (Å²) in [5.74, 6) is -2.62. The molecule has 0 heterocycles. The van der Waals surface area contributed by atoms with E-state index in [1.807, 2.05) is 19.9 Å². The van der Waals surface area contributed by atoms with E-state index >= 15 is 0 Å². The quantitative estimate of drug-likeness (QED) is 0.0987. The highest BCUT2D eigenvalue weighted by molar-refractivity contribution is 7.84. The lowest BCUT2D eigenvalue weighted by Gasteiger charge is -2.31. The maximum Gasteiger partial charge on any atom is 0.305 e. The average Bonchev–Trinajstić information content (AvgIpc) is 3.06. The number of ether oxygens (including phenoxy) is 1. The lowest BCUT2D eigenvalue weighted by Crippen LogP contribution is -2.56. The van der Waals surface area contributed by atoms with Crippen LogP contribution in [0.2, 0.25) is 0 Å². The van der Waals surface area contributed by atoms with Gasteiger partial charge in [0, 0.05) is 42.2 Å². The van der Waals surface area contributed by atoms with Gasteiger partial charge in [0.15, 0.2) is 0 Å². The summed E-state index contributed by atoms with van der Waals surface area (Å²) in [4.78, 5) is 66.3. The van der Waals surface area contributed by atoms with E-state index in [4.69, 9.17) is 11.5 Å². The molecule has 14 heteroatoms. The van der Waals surface area contributed by atoms with Gasteiger partial charge in [-0.05, 0) is 73.9 Å². The highest BCUT2D eigenvalue weighted by Gasteiger charge is 2.32. The SMILES string of the molecule is COC(=O)CCCCCCN(C(=O)CNC(=O)[C@@H](N)Cc1c(C)cc(O)cc1C)[C@@H](Cc1ccccc1)C(=O)NC(=O)C(N)CCS(C)=O. The average molecular weight is 702 g/mol. The van der Waals surface area contributed by atoms with Crippen molar-refractivity contribution >= 4 is 40.4 Å². The van der Waals surface area contributed by atoms with Gasteiger partial charge in [0.05, 0.1) is 25.7 Å². The summed E-state index contributed by atoms with van der Waals surface area (Å²) in [5.41, 5.74) is 15.3. The molecule has 0 bridgehead atoms. The highest BCUT2D eigenvalue weighted by atomic mass is 32.2. The van der Waals surface area contributed by atoms with Crippen molar-refractivity contribution in [3.63, 3.8) is 0 Å². The lowest BCUT2D eigenvalue weighted by molar-refractivity contribution is -0.143. The Morgan fingerprint density at radius 3 is 2.14 bits per heavy atom. The third-order valence-corrected chi connectivity index (χ3v) is 8.99. The van der Waals surface area contributed by atoms with Crippen LogP contribution in [0.3, 0.4) is 0 Å². The van der Waals surface area contributed by atoms with Crippen molar-refractivity contribution in [2.75, 3.05) is 32.2 Å². The number of aromatic hydroxyl groups is 1. The number of imide groups is 1. The van der Waals surface area contributed by atoms with Crippen molar-refractivity contribution in [1.82, 2.24) is 15.5 Å². The van der Waals surface area contributed by atoms with Gasteiger partial charge in [0.1, 0.15) is 11.8 Å². The molecule has 2 aromatic rings. The first-order valence-corrected chi connectivity index (χ1v) is 18.1. The second kappa shape index (κ2) is 21.1. The number of benzene rings is 2. The standard InChI is InChI=1S/C35H51N5O8S/c1-23-18-26(41)19-24(2)27(23)21-29(37)33(44)38-22-31(42)40(16-11-6-5-10-14-32(43)48-3)30(20-25-12-8-7-9-13-25)35(46)39-34(45)28(36)15-17-49(4)47/h7-9,12-13,18-19,28-30,41H,5-6,10-11,14-17,20-22,36-37H2,1-4H3,(H,38,44)(H,39,45,46)/t28?,29-,30-,49?/m0/s1. The van der Waals surface area contributed by atoms with Gasteiger partial charge < -0.3 is 31.5 Å². The van der Waals surface area contributed by atoms with Crippen LogP contribution >= 0.6 is 0 Å². The van der Waals surface area contributed by atoms with Crippen LogP contribution in [0, 0.1) is 13.8 Å². The van der Waals surface area contributed by atoms with Gasteiger partial charge in [-0.25, -0.2) is 0 Å². The Kier molecular flexibility index (Phi) is 17.6. The van der Waals surface area contributed by atoms with Gasteiger partial charge >= 0.3 is 5.97 Å². The Hall–Kier alpha value is -4.14. The number of carbonyl (C=O) groups excluding carboxylic acids is 5. The predicted molar refractivity (Wildman–Crippen MR) is 188 cm³/mol. The second-order valence-electron chi connectivity index (χ2n) is 12.1. The van der Waals surface area contributed by atoms with E-state index in [1.165, 1.54) is 18.3 Å². The molecule has 0 radical (unpaired) electrons. The molecule has 0 aliphatic rings. The fourth-order valence-electron chi connectivity index (χ4n) is 5.37. The monoisotopic (exact) mass is 701 g/mol. The molecule has 0 aliphatic carbocycles. The third-order valence-electron chi connectivity index (χ3n) is 8.18. The Morgan fingerprint density at radius 2 is 1.53 bits per heavy atom. The van der Waals surface area contributed by atoms with E-state index < -0.39 is 59.1 Å². The van der Waals surface area contributed by atoms with Crippen molar-refractivity contribution in [2.45, 2.75) is 83.3 Å². The number of hydrogen-bond acceptors (Lipinski definition) is 10. The number of nitrogens with two attached hydrogens (primary N) is 2. The van der Waals surface area contributed by atoms with Crippen LogP contribution in [0.5, 0.6) is 5.75 Å². The molecule has 4 amide bonds. The summed E-state index contributed by atoms with van der Waals surface area (Å²) in [5, 5.41) is 14.8. The Morgan fingerprint density at radius 1 is 0.898 bits per heavy atom. The molecule has 0 fully saturated rings. The Labute approximate surface area is 291 Å². The normalized spacial score (nSPS) is 13.4. The van der Waals surface area contributed by atoms with Crippen molar-refractivity contribution in [2.24, 2.45) is 11.5 Å². The van der Waals surface area contributed by atoms with Crippen molar-refractivity contribution in [3.8, 4) is 5.75 Å². The first-order valence-electron chi connectivity index (χ1n) is 16.4. The van der Waals surface area contributed by atoms with Crippen LogP contribution in [0.25, 0.3) is 0 Å². The minimum absolute atomic E-state index is 0.0785. The molecule has 4 atom stereocenters. The molecule has 270 valence electrons. The van der Waals surface area contributed by atoms with Crippen LogP contribution in [0.1, 0.15) is 60.8 Å². The molecule has 0 saturated carbocycles. The van der Waals surface area contributed by atoms with Gasteiger partial charge in [-0.15, -0.1) is 0 Å². The topological polar surface area (TPSA) is 211 Å². The minimum atomic E-state index is -1.18. The van der Waals surface area contributed by atoms with Gasteiger partial charge in [-0.1, -0.05) is 43.2 Å². The van der Waals surface area contributed by atoms with Gasteiger partial charge in [0.2, 0.25) is 23.6 Å². The number of esters is 1. The summed E-state index contributed by atoms with van der Waals surface area (Å²) in [6.07, 6.45) is 4.52. The molecule has 2 rings (SSSR count). The number of phenols is 1. The largest absolute Gasteiger partial charge is 0.508 e. The first kappa shape index (κ1) is 41.0. The van der Waals surface area contributed by atoms with E-state index in [-0.39, 0.29) is 49.7 Å². The Balaban J connectivity index is 2.26. The Bertz CT molecular complexity index is 1430. The number of carbonyl (C=O) groups is 5. The van der Waals surface area contributed by atoms with Crippen LogP contribution in [0.4, 0.5) is 0 Å². The molecule has 7 N–H and O–H groups in total. The summed E-state index contributed by atoms with van der Waals surface area (Å²) in [6, 6.07) is 8.98. The van der Waals surface area contributed by atoms with Crippen LogP contribution in [-0.2, 0) is 52.4 Å². The molecule has 2 aromatic carbocycles. The summed E-state index contributed by atoms with van der Waals surface area (Å²) < 4.78 is 16.2. The summed E-state index contributed by atoms with van der Waals surface area (Å²) in [6.45, 7) is 3.30. The molecule has 0 saturated heterocycles. The number of nitrogens with one attached hydrogen (secondary N) is 2. The fourth-order valence-corrected chi connectivity index (χ4v) is 5.95. The van der Waals surface area contributed by atoms with Crippen molar-refractivity contribution in [3.05, 3.63) is 64.7 Å². The first-order chi connectivity index (χ1) is 23.2. The van der Waals surface area contributed by atoms with Crippen LogP contribution in [0.15, 0.2) is 42.5 Å². The maximum atomic E-state index is 13.8. The molecular formula is C35H51N5O8S. The molecule has 0 aliphatic heterocycles. The maximum absolute atomic E-state index is 13.8. The smallest absolute Gasteiger partial charge is 0.305 e. The molecule has 2 unspecified atom stereocenters. The zero-order valence-corrected chi connectivity index (χ0v) is 29.7. The zero-order chi connectivity index (χ0) is 36.5. The number of nitrogens with zero attached hydrogens (tertiary/aromatic N) is 1. The summed E-state index contributed by atoms with van der Waals surface area (Å²) in [7, 11) is 0.150. The fraction of sp³-hybridized carbons (Fsp3) is 0.514. The van der Waals surface area contributed by atoms with Crippen molar-refractivity contribution < 1.29 is 38.0 Å². The van der Waals surface area contributed by atoms with E-state index in [2.05, 4.69) is 15.4 Å². The van der Waals surface area contributed by atoms with Crippen LogP contribution in [-0.4, -0.2) is 94.1 Å². The number of rotatable bonds is 20. The number of aryl methyl sites for hydroxylation is 2. The van der Waals surface area contributed by atoms with Crippen LogP contribution < -0.4 is 22.1 Å². The second-order valence-corrected chi connectivity index (χ2v) is 13.7. The molecule has 13 nitrogen and oxygen atoms in total. The van der Waals surface area contributed by atoms with E-state index in [1.54, 1.807) is 36.4 Å². The lowest BCUT2D eigenvalue weighted by atomic mass is 9.96. The third kappa shape index (κ3) is 14.5. The van der Waals surface area contributed by atoms with E-state index in [0.29, 0.717) is 25.7 Å². The van der Waals surface area contributed by atoms with Gasteiger partial charge in [-0.2, -0.15) is 0 Å².